The van der Waals surface area contributed by atoms with Crippen molar-refractivity contribution in [1.82, 2.24) is 4.90 Å². The van der Waals surface area contributed by atoms with Crippen LogP contribution in [0, 0.1) is 19.8 Å². The third kappa shape index (κ3) is 3.17. The van der Waals surface area contributed by atoms with Crippen molar-refractivity contribution in [3.05, 3.63) is 34.9 Å². The van der Waals surface area contributed by atoms with Gasteiger partial charge in [0.15, 0.2) is 5.78 Å². The first-order valence-corrected chi connectivity index (χ1v) is 5.68. The normalized spacial score (nSPS) is 12.9. The maximum absolute atomic E-state index is 12.1. The molecular weight excluding hydrogens is 198 g/mol. The zero-order valence-corrected chi connectivity index (χ0v) is 10.9. The summed E-state index contributed by atoms with van der Waals surface area (Å²) in [5, 5.41) is 0. The molecule has 0 fully saturated rings. The van der Waals surface area contributed by atoms with Gasteiger partial charge >= 0.3 is 0 Å². The second kappa shape index (κ2) is 5.26. The molecule has 0 bridgehead atoms. The van der Waals surface area contributed by atoms with Gasteiger partial charge in [-0.25, -0.2) is 0 Å². The maximum atomic E-state index is 12.1. The van der Waals surface area contributed by atoms with Crippen LogP contribution in [0.3, 0.4) is 0 Å². The number of aryl methyl sites for hydroxylation is 2. The smallest absolute Gasteiger partial charge is 0.166 e. The molecule has 16 heavy (non-hydrogen) atoms. The summed E-state index contributed by atoms with van der Waals surface area (Å²) >= 11 is 0. The third-order valence-electron chi connectivity index (χ3n) is 2.88. The summed E-state index contributed by atoms with van der Waals surface area (Å²) in [6.45, 7) is 6.89. The fourth-order valence-corrected chi connectivity index (χ4v) is 1.81. The summed E-state index contributed by atoms with van der Waals surface area (Å²) in [5.41, 5.74) is 3.25. The van der Waals surface area contributed by atoms with E-state index in [1.807, 2.05) is 51.0 Å². The zero-order chi connectivity index (χ0) is 12.3. The van der Waals surface area contributed by atoms with E-state index in [1.54, 1.807) is 0 Å². The number of hydrogen-bond donors (Lipinski definition) is 0. The predicted molar refractivity (Wildman–Crippen MR) is 68.0 cm³/mol. The molecule has 0 heterocycles. The quantitative estimate of drug-likeness (QED) is 0.726. The Morgan fingerprint density at radius 3 is 2.38 bits per heavy atom. The number of carbonyl (C=O) groups excluding carboxylic acids is 1. The van der Waals surface area contributed by atoms with Gasteiger partial charge in [0.25, 0.3) is 0 Å². The number of Topliss-reactive ketones (excluding diaryl/α,β-unsaturated/α-hetero) is 1. The number of carbonyl (C=O) groups is 1. The Kier molecular flexibility index (Phi) is 4.25. The third-order valence-corrected chi connectivity index (χ3v) is 2.88. The minimum Gasteiger partial charge on any atom is -0.309 e. The van der Waals surface area contributed by atoms with Gasteiger partial charge in [-0.2, -0.15) is 0 Å². The Labute approximate surface area is 98.3 Å². The van der Waals surface area contributed by atoms with Gasteiger partial charge in [-0.1, -0.05) is 19.1 Å². The van der Waals surface area contributed by atoms with Crippen molar-refractivity contribution in [3.63, 3.8) is 0 Å². The van der Waals surface area contributed by atoms with Crippen LogP contribution in [0.1, 0.15) is 28.4 Å². The van der Waals surface area contributed by atoms with Gasteiger partial charge in [0.2, 0.25) is 0 Å². The average molecular weight is 219 g/mol. The van der Waals surface area contributed by atoms with Crippen LogP contribution < -0.4 is 0 Å². The first kappa shape index (κ1) is 12.9. The van der Waals surface area contributed by atoms with E-state index in [4.69, 9.17) is 0 Å². The van der Waals surface area contributed by atoms with Gasteiger partial charge in [0.05, 0.1) is 0 Å². The lowest BCUT2D eigenvalue weighted by Crippen LogP contribution is -2.25. The van der Waals surface area contributed by atoms with Crippen LogP contribution in [-0.4, -0.2) is 31.3 Å². The maximum Gasteiger partial charge on any atom is 0.166 e. The summed E-state index contributed by atoms with van der Waals surface area (Å²) in [4.78, 5) is 14.2. The SMILES string of the molecule is Cc1ccc(C(=O)C(C)CN(C)C)cc1C. The first-order valence-electron chi connectivity index (χ1n) is 5.68. The number of hydrogen-bond acceptors (Lipinski definition) is 2. The van der Waals surface area contributed by atoms with Crippen LogP contribution in [0.5, 0.6) is 0 Å². The van der Waals surface area contributed by atoms with Crippen molar-refractivity contribution in [1.29, 1.82) is 0 Å². The molecule has 0 saturated heterocycles. The highest BCUT2D eigenvalue weighted by atomic mass is 16.1. The Morgan fingerprint density at radius 1 is 1.25 bits per heavy atom. The Morgan fingerprint density at radius 2 is 1.88 bits per heavy atom. The molecule has 0 aliphatic rings. The lowest BCUT2D eigenvalue weighted by molar-refractivity contribution is 0.0910. The Hall–Kier alpha value is -1.15. The second-order valence-electron chi connectivity index (χ2n) is 4.83. The van der Waals surface area contributed by atoms with E-state index in [9.17, 15) is 4.79 Å². The van der Waals surface area contributed by atoms with E-state index in [0.29, 0.717) is 0 Å². The number of nitrogens with zero attached hydrogens (tertiary/aromatic N) is 1. The zero-order valence-electron chi connectivity index (χ0n) is 10.9. The average Bonchev–Trinajstić information content (AvgIpc) is 2.20. The molecule has 1 aromatic carbocycles. The molecule has 1 rings (SSSR count). The van der Waals surface area contributed by atoms with Crippen molar-refractivity contribution >= 4 is 5.78 Å². The van der Waals surface area contributed by atoms with Crippen molar-refractivity contribution in [3.8, 4) is 0 Å². The molecule has 1 atom stereocenters. The number of rotatable bonds is 4. The van der Waals surface area contributed by atoms with E-state index in [-0.39, 0.29) is 11.7 Å². The number of benzene rings is 1. The van der Waals surface area contributed by atoms with E-state index >= 15 is 0 Å². The van der Waals surface area contributed by atoms with E-state index in [1.165, 1.54) is 11.1 Å². The highest BCUT2D eigenvalue weighted by Gasteiger charge is 2.16. The second-order valence-corrected chi connectivity index (χ2v) is 4.83. The van der Waals surface area contributed by atoms with Gasteiger partial charge in [-0.3, -0.25) is 4.79 Å². The monoisotopic (exact) mass is 219 g/mol. The van der Waals surface area contributed by atoms with Crippen LogP contribution >= 0.6 is 0 Å². The predicted octanol–water partition coefficient (Wildman–Crippen LogP) is 2.68. The molecule has 0 aliphatic carbocycles. The molecular formula is C14H21NO. The molecule has 0 aliphatic heterocycles. The minimum atomic E-state index is 0.0529. The summed E-state index contributed by atoms with van der Waals surface area (Å²) in [5.74, 6) is 0.286. The molecule has 2 heteroatoms. The molecule has 1 aromatic rings. The van der Waals surface area contributed by atoms with Gasteiger partial charge in [0, 0.05) is 18.0 Å². The summed E-state index contributed by atoms with van der Waals surface area (Å²) in [7, 11) is 3.98. The van der Waals surface area contributed by atoms with Gasteiger partial charge in [-0.05, 0) is 45.1 Å². The molecule has 0 aromatic heterocycles. The molecule has 0 saturated carbocycles. The van der Waals surface area contributed by atoms with E-state index in [2.05, 4.69) is 6.92 Å². The van der Waals surface area contributed by atoms with Crippen molar-refractivity contribution < 1.29 is 4.79 Å². The van der Waals surface area contributed by atoms with Crippen LogP contribution in [0.25, 0.3) is 0 Å². The minimum absolute atomic E-state index is 0.0529. The van der Waals surface area contributed by atoms with Crippen LogP contribution in [0.2, 0.25) is 0 Å². The topological polar surface area (TPSA) is 20.3 Å². The van der Waals surface area contributed by atoms with Gasteiger partial charge in [0.1, 0.15) is 0 Å². The van der Waals surface area contributed by atoms with Crippen LogP contribution in [-0.2, 0) is 0 Å². The lowest BCUT2D eigenvalue weighted by atomic mass is 9.96. The molecule has 0 N–H and O–H groups in total. The fourth-order valence-electron chi connectivity index (χ4n) is 1.81. The standard InChI is InChI=1S/C14H21NO/c1-10-6-7-13(8-11(10)2)14(16)12(3)9-15(4)5/h6-8,12H,9H2,1-5H3. The Balaban J connectivity index is 2.84. The molecule has 0 radical (unpaired) electrons. The first-order chi connectivity index (χ1) is 7.41. The summed E-state index contributed by atoms with van der Waals surface area (Å²) in [6, 6.07) is 5.94. The highest BCUT2D eigenvalue weighted by molar-refractivity contribution is 5.98. The van der Waals surface area contributed by atoms with Crippen LogP contribution in [0.15, 0.2) is 18.2 Å². The lowest BCUT2D eigenvalue weighted by Gasteiger charge is -2.16. The summed E-state index contributed by atoms with van der Waals surface area (Å²) in [6.07, 6.45) is 0. The highest BCUT2D eigenvalue weighted by Crippen LogP contribution is 2.14. The number of ketones is 1. The van der Waals surface area contributed by atoms with Gasteiger partial charge in [-0.15, -0.1) is 0 Å². The molecule has 88 valence electrons. The fraction of sp³-hybridized carbons (Fsp3) is 0.500. The largest absolute Gasteiger partial charge is 0.309 e. The van der Waals surface area contributed by atoms with Crippen molar-refractivity contribution in [2.75, 3.05) is 20.6 Å². The van der Waals surface area contributed by atoms with Crippen molar-refractivity contribution in [2.24, 2.45) is 5.92 Å². The van der Waals surface area contributed by atoms with Crippen molar-refractivity contribution in [2.45, 2.75) is 20.8 Å². The van der Waals surface area contributed by atoms with E-state index in [0.717, 1.165) is 12.1 Å². The molecule has 0 spiro atoms. The Bertz CT molecular complexity index is 382. The summed E-state index contributed by atoms with van der Waals surface area (Å²) < 4.78 is 0. The molecule has 0 amide bonds. The molecule has 1 unspecified atom stereocenters. The van der Waals surface area contributed by atoms with Gasteiger partial charge < -0.3 is 4.90 Å². The van der Waals surface area contributed by atoms with E-state index < -0.39 is 0 Å². The molecule has 2 nitrogen and oxygen atoms in total. The van der Waals surface area contributed by atoms with Crippen LogP contribution in [0.4, 0.5) is 0 Å².